The molecule has 2 heterocycles. The zero-order valence-corrected chi connectivity index (χ0v) is 12.9. The summed E-state index contributed by atoms with van der Waals surface area (Å²) in [5.41, 5.74) is 12.3. The van der Waals surface area contributed by atoms with Crippen molar-refractivity contribution < 1.29 is 0 Å². The summed E-state index contributed by atoms with van der Waals surface area (Å²) in [6, 6.07) is 6.52. The van der Waals surface area contributed by atoms with Crippen LogP contribution in [0.1, 0.15) is 24.5 Å². The van der Waals surface area contributed by atoms with Crippen molar-refractivity contribution in [2.75, 3.05) is 29.1 Å². The highest BCUT2D eigenvalue weighted by Crippen LogP contribution is 2.27. The first-order chi connectivity index (χ1) is 10.3. The monoisotopic (exact) mass is 301 g/mol. The lowest BCUT2D eigenvalue weighted by Crippen LogP contribution is -2.28. The minimum Gasteiger partial charge on any atom is -0.383 e. The predicted octanol–water partition coefficient (Wildman–Crippen LogP) is 2.94. The number of hydrogen-bond acceptors (Lipinski definition) is 6. The van der Waals surface area contributed by atoms with Crippen LogP contribution >= 0.6 is 11.3 Å². The van der Waals surface area contributed by atoms with Crippen molar-refractivity contribution in [1.82, 2.24) is 4.98 Å². The Morgan fingerprint density at radius 3 is 3.19 bits per heavy atom. The Labute approximate surface area is 128 Å². The fourth-order valence-corrected chi connectivity index (χ4v) is 3.15. The number of nitrogens with one attached hydrogen (secondary N) is 1. The average molecular weight is 301 g/mol. The number of nitrogen functional groups attached to an aromatic ring is 1. The molecule has 0 spiro atoms. The Kier molecular flexibility index (Phi) is 4.06. The van der Waals surface area contributed by atoms with Gasteiger partial charge in [0.2, 0.25) is 5.13 Å². The smallest absolute Gasteiger partial charge is 0.205 e. The van der Waals surface area contributed by atoms with Crippen LogP contribution in [-0.4, -0.2) is 24.3 Å². The number of fused-ring (bicyclic) bond motifs is 1. The summed E-state index contributed by atoms with van der Waals surface area (Å²) in [5.74, 6) is 0.520. The summed E-state index contributed by atoms with van der Waals surface area (Å²) in [6.07, 6.45) is 4.19. The van der Waals surface area contributed by atoms with Gasteiger partial charge in [-0.15, -0.1) is 11.3 Å². The van der Waals surface area contributed by atoms with Crippen LogP contribution in [-0.2, 0) is 6.42 Å². The van der Waals surface area contributed by atoms with Gasteiger partial charge in [-0.1, -0.05) is 6.07 Å². The second-order valence-corrected chi connectivity index (χ2v) is 5.88. The van der Waals surface area contributed by atoms with Gasteiger partial charge in [-0.3, -0.25) is 5.43 Å². The molecule has 3 N–H and O–H groups in total. The molecule has 1 aromatic carbocycles. The summed E-state index contributed by atoms with van der Waals surface area (Å²) in [4.78, 5) is 6.52. The Hall–Kier alpha value is -2.08. The fraction of sp³-hybridized carbons (Fsp3) is 0.333. The molecule has 0 amide bonds. The Balaban J connectivity index is 1.71. The van der Waals surface area contributed by atoms with Crippen molar-refractivity contribution in [3.8, 4) is 0 Å². The highest BCUT2D eigenvalue weighted by atomic mass is 32.1. The van der Waals surface area contributed by atoms with Crippen molar-refractivity contribution in [1.29, 1.82) is 0 Å². The molecule has 0 radical (unpaired) electrons. The molecular formula is C15H19N5S. The number of anilines is 3. The van der Waals surface area contributed by atoms with E-state index in [0.717, 1.165) is 25.1 Å². The number of thiazole rings is 1. The van der Waals surface area contributed by atoms with Crippen molar-refractivity contribution in [2.45, 2.75) is 19.8 Å². The van der Waals surface area contributed by atoms with Gasteiger partial charge in [0.1, 0.15) is 5.82 Å². The van der Waals surface area contributed by atoms with Crippen LogP contribution in [0.15, 0.2) is 28.7 Å². The van der Waals surface area contributed by atoms with E-state index in [1.807, 2.05) is 6.21 Å². The van der Waals surface area contributed by atoms with E-state index in [2.05, 4.69) is 45.5 Å². The maximum absolute atomic E-state index is 5.57. The lowest BCUT2D eigenvalue weighted by Gasteiger charge is -2.30. The zero-order chi connectivity index (χ0) is 14.7. The molecule has 0 fully saturated rings. The van der Waals surface area contributed by atoms with Gasteiger partial charge < -0.3 is 10.6 Å². The molecule has 0 atom stereocenters. The fourth-order valence-electron chi connectivity index (χ4n) is 2.60. The second-order valence-electron chi connectivity index (χ2n) is 5.02. The van der Waals surface area contributed by atoms with Gasteiger partial charge in [0.15, 0.2) is 0 Å². The van der Waals surface area contributed by atoms with Crippen LogP contribution in [0, 0.1) is 0 Å². The third-order valence-corrected chi connectivity index (χ3v) is 4.36. The molecule has 0 saturated heterocycles. The lowest BCUT2D eigenvalue weighted by atomic mass is 9.99. The maximum atomic E-state index is 5.57. The molecule has 21 heavy (non-hydrogen) atoms. The van der Waals surface area contributed by atoms with E-state index in [0.29, 0.717) is 10.9 Å². The van der Waals surface area contributed by atoms with E-state index < -0.39 is 0 Å². The minimum atomic E-state index is 0.520. The van der Waals surface area contributed by atoms with Gasteiger partial charge in [-0.2, -0.15) is 5.10 Å². The van der Waals surface area contributed by atoms with Crippen LogP contribution in [0.4, 0.5) is 16.6 Å². The Morgan fingerprint density at radius 2 is 2.43 bits per heavy atom. The molecule has 3 rings (SSSR count). The van der Waals surface area contributed by atoms with Crippen molar-refractivity contribution in [3.05, 3.63) is 34.7 Å². The summed E-state index contributed by atoms with van der Waals surface area (Å²) >= 11 is 1.44. The van der Waals surface area contributed by atoms with Gasteiger partial charge in [0.05, 0.1) is 6.21 Å². The van der Waals surface area contributed by atoms with Gasteiger partial charge in [0.25, 0.3) is 0 Å². The average Bonchev–Trinajstić information content (AvgIpc) is 2.92. The Morgan fingerprint density at radius 1 is 1.52 bits per heavy atom. The van der Waals surface area contributed by atoms with Crippen LogP contribution in [0.3, 0.4) is 0 Å². The van der Waals surface area contributed by atoms with E-state index in [1.54, 1.807) is 5.38 Å². The number of hydrazone groups is 1. The number of aromatic nitrogens is 1. The standard InChI is InChI=1S/C15H19N5S/c1-2-20-7-3-4-12-8-11(5-6-13(12)20)9-17-19-15-18-14(16)10-21-15/h5-6,8-10H,2-4,7,16H2,1H3,(H,18,19). The van der Waals surface area contributed by atoms with Crippen molar-refractivity contribution >= 4 is 34.2 Å². The first-order valence-electron chi connectivity index (χ1n) is 7.14. The molecular weight excluding hydrogens is 282 g/mol. The van der Waals surface area contributed by atoms with Gasteiger partial charge >= 0.3 is 0 Å². The molecule has 1 aliphatic heterocycles. The number of hydrogen-bond donors (Lipinski definition) is 2. The number of aryl methyl sites for hydroxylation is 1. The normalized spacial score (nSPS) is 14.4. The molecule has 110 valence electrons. The molecule has 5 nitrogen and oxygen atoms in total. The highest BCUT2D eigenvalue weighted by molar-refractivity contribution is 7.14. The first-order valence-corrected chi connectivity index (χ1v) is 8.02. The molecule has 1 aromatic heterocycles. The van der Waals surface area contributed by atoms with Crippen LogP contribution in [0.2, 0.25) is 0 Å². The first kappa shape index (κ1) is 13.9. The molecule has 1 aliphatic rings. The van der Waals surface area contributed by atoms with Crippen LogP contribution < -0.4 is 16.1 Å². The van der Waals surface area contributed by atoms with Gasteiger partial charge in [-0.05, 0) is 43.0 Å². The van der Waals surface area contributed by atoms with E-state index in [9.17, 15) is 0 Å². The Bertz CT molecular complexity index is 649. The number of rotatable bonds is 4. The lowest BCUT2D eigenvalue weighted by molar-refractivity contribution is 0.708. The summed E-state index contributed by atoms with van der Waals surface area (Å²) in [7, 11) is 0. The van der Waals surface area contributed by atoms with Crippen molar-refractivity contribution in [3.63, 3.8) is 0 Å². The SMILES string of the molecule is CCN1CCCc2cc(C=NNc3nc(N)cs3)ccc21. The topological polar surface area (TPSA) is 66.5 Å². The second kappa shape index (κ2) is 6.13. The molecule has 2 aromatic rings. The van der Waals surface area contributed by atoms with Gasteiger partial charge in [0, 0.05) is 24.2 Å². The van der Waals surface area contributed by atoms with Crippen LogP contribution in [0.25, 0.3) is 0 Å². The summed E-state index contributed by atoms with van der Waals surface area (Å²) in [5, 5.41) is 6.71. The quantitative estimate of drug-likeness (QED) is 0.673. The molecule has 0 saturated carbocycles. The van der Waals surface area contributed by atoms with E-state index in [-0.39, 0.29) is 0 Å². The largest absolute Gasteiger partial charge is 0.383 e. The van der Waals surface area contributed by atoms with Crippen LogP contribution in [0.5, 0.6) is 0 Å². The molecule has 6 heteroatoms. The third-order valence-electron chi connectivity index (χ3n) is 3.60. The predicted molar refractivity (Wildman–Crippen MR) is 90.4 cm³/mol. The molecule has 0 aliphatic carbocycles. The van der Waals surface area contributed by atoms with Gasteiger partial charge in [-0.25, -0.2) is 4.98 Å². The molecule has 0 bridgehead atoms. The third kappa shape index (κ3) is 3.16. The highest BCUT2D eigenvalue weighted by Gasteiger charge is 2.15. The minimum absolute atomic E-state index is 0.520. The van der Waals surface area contributed by atoms with E-state index in [4.69, 9.17) is 5.73 Å². The number of benzene rings is 1. The maximum Gasteiger partial charge on any atom is 0.205 e. The van der Waals surface area contributed by atoms with Crippen molar-refractivity contribution in [2.24, 2.45) is 5.10 Å². The summed E-state index contributed by atoms with van der Waals surface area (Å²) < 4.78 is 0. The number of nitrogens with two attached hydrogens (primary N) is 1. The summed E-state index contributed by atoms with van der Waals surface area (Å²) in [6.45, 7) is 4.42. The number of nitrogens with zero attached hydrogens (tertiary/aromatic N) is 3. The van der Waals surface area contributed by atoms with E-state index >= 15 is 0 Å². The molecule has 0 unspecified atom stereocenters. The van der Waals surface area contributed by atoms with E-state index in [1.165, 1.54) is 29.0 Å². The zero-order valence-electron chi connectivity index (χ0n) is 12.0.